The number of alkyl halides is 1. The average Bonchev–Trinajstić information content (AvgIpc) is 3.15. The fraction of sp³-hybridized carbons (Fsp3) is 0.615. The molecular formula is C13H19FN6OS. The van der Waals surface area contributed by atoms with Crippen molar-refractivity contribution >= 4 is 11.3 Å². The number of hydrogen-bond donors (Lipinski definition) is 2. The molecule has 3 rings (SSSR count). The second kappa shape index (κ2) is 6.67. The van der Waals surface area contributed by atoms with E-state index >= 15 is 0 Å². The molecule has 9 heteroatoms. The number of aromatic amines is 2. The first-order valence-electron chi connectivity index (χ1n) is 7.18. The fourth-order valence-electron chi connectivity index (χ4n) is 2.87. The Morgan fingerprint density at radius 2 is 2.45 bits per heavy atom. The van der Waals surface area contributed by atoms with E-state index in [1.54, 1.807) is 17.5 Å². The summed E-state index contributed by atoms with van der Waals surface area (Å²) in [5, 5.41) is 9.19. The minimum absolute atomic E-state index is 0.148. The van der Waals surface area contributed by atoms with Crippen molar-refractivity contribution in [3.63, 3.8) is 0 Å². The molecule has 3 heterocycles. The van der Waals surface area contributed by atoms with Gasteiger partial charge in [0.2, 0.25) is 0 Å². The number of H-pyrrole nitrogens is 2. The summed E-state index contributed by atoms with van der Waals surface area (Å²) in [5.41, 5.74) is -0.307. The summed E-state index contributed by atoms with van der Waals surface area (Å²) in [6.45, 7) is 2.39. The van der Waals surface area contributed by atoms with Crippen LogP contribution in [0.4, 0.5) is 4.39 Å². The number of likely N-dealkylation sites (N-methyl/N-ethyl adjacent to an activating group) is 1. The Morgan fingerprint density at radius 1 is 1.59 bits per heavy atom. The van der Waals surface area contributed by atoms with Gasteiger partial charge in [0.25, 0.3) is 0 Å². The van der Waals surface area contributed by atoms with Crippen LogP contribution in [-0.4, -0.2) is 62.3 Å². The Labute approximate surface area is 131 Å². The zero-order valence-corrected chi connectivity index (χ0v) is 13.1. The first kappa shape index (κ1) is 15.3. The predicted octanol–water partition coefficient (Wildman–Crippen LogP) is 0.599. The van der Waals surface area contributed by atoms with E-state index in [2.05, 4.69) is 25.1 Å². The van der Waals surface area contributed by atoms with Crippen LogP contribution in [0.1, 0.15) is 17.3 Å². The predicted molar refractivity (Wildman–Crippen MR) is 81.4 cm³/mol. The van der Waals surface area contributed by atoms with Gasteiger partial charge in [-0.2, -0.15) is 5.10 Å². The van der Waals surface area contributed by atoms with Gasteiger partial charge in [0.15, 0.2) is 0 Å². The first-order valence-corrected chi connectivity index (χ1v) is 8.06. The average molecular weight is 326 g/mol. The van der Waals surface area contributed by atoms with Crippen molar-refractivity contribution in [2.45, 2.75) is 31.7 Å². The molecule has 0 aromatic carbocycles. The molecule has 0 spiro atoms. The van der Waals surface area contributed by atoms with Gasteiger partial charge in [-0.25, -0.2) is 19.3 Å². The largest absolute Gasteiger partial charge is 0.340 e. The number of nitrogens with one attached hydrogen (secondary N) is 2. The normalized spacial score (nSPS) is 22.7. The Kier molecular flexibility index (Phi) is 4.65. The third-order valence-electron chi connectivity index (χ3n) is 3.79. The maximum atomic E-state index is 13.8. The molecule has 0 amide bonds. The number of rotatable bonds is 6. The lowest BCUT2D eigenvalue weighted by molar-refractivity contribution is 0.178. The van der Waals surface area contributed by atoms with Gasteiger partial charge in [0, 0.05) is 30.7 Å². The van der Waals surface area contributed by atoms with E-state index in [0.29, 0.717) is 31.9 Å². The highest BCUT2D eigenvalue weighted by Crippen LogP contribution is 2.24. The molecule has 0 saturated carbocycles. The van der Waals surface area contributed by atoms with Crippen molar-refractivity contribution in [2.24, 2.45) is 0 Å². The van der Waals surface area contributed by atoms with Crippen LogP contribution in [0.5, 0.6) is 0 Å². The van der Waals surface area contributed by atoms with Gasteiger partial charge >= 0.3 is 5.69 Å². The van der Waals surface area contributed by atoms with Gasteiger partial charge in [0.1, 0.15) is 17.0 Å². The van der Waals surface area contributed by atoms with E-state index in [0.717, 1.165) is 11.6 Å². The highest BCUT2D eigenvalue weighted by Gasteiger charge is 2.33. The van der Waals surface area contributed by atoms with Crippen LogP contribution in [0.25, 0.3) is 0 Å². The highest BCUT2D eigenvalue weighted by molar-refractivity contribution is 7.09. The van der Waals surface area contributed by atoms with Crippen molar-refractivity contribution in [3.05, 3.63) is 32.9 Å². The third kappa shape index (κ3) is 3.79. The lowest BCUT2D eigenvalue weighted by atomic mass is 10.2. The number of aromatic nitrogens is 4. The molecule has 2 atom stereocenters. The highest BCUT2D eigenvalue weighted by atomic mass is 32.1. The molecule has 2 aromatic heterocycles. The smallest absolute Gasteiger partial charge is 0.297 e. The molecule has 0 aliphatic carbocycles. The van der Waals surface area contributed by atoms with E-state index < -0.39 is 6.17 Å². The molecule has 2 N–H and O–H groups in total. The second-order valence-electron chi connectivity index (χ2n) is 5.66. The summed E-state index contributed by atoms with van der Waals surface area (Å²) in [6, 6.07) is 0.148. The summed E-state index contributed by atoms with van der Waals surface area (Å²) in [7, 11) is 1.94. The monoisotopic (exact) mass is 326 g/mol. The van der Waals surface area contributed by atoms with Crippen molar-refractivity contribution < 1.29 is 4.39 Å². The summed E-state index contributed by atoms with van der Waals surface area (Å²) in [5.74, 6) is 0.591. The van der Waals surface area contributed by atoms with E-state index in [4.69, 9.17) is 0 Å². The molecule has 0 radical (unpaired) electrons. The summed E-state index contributed by atoms with van der Waals surface area (Å²) in [4.78, 5) is 22.1. The molecular weight excluding hydrogens is 307 g/mol. The van der Waals surface area contributed by atoms with Gasteiger partial charge < -0.3 is 0 Å². The van der Waals surface area contributed by atoms with Crippen LogP contribution in [0.2, 0.25) is 0 Å². The van der Waals surface area contributed by atoms with Crippen molar-refractivity contribution in [1.29, 1.82) is 0 Å². The molecule has 22 heavy (non-hydrogen) atoms. The number of likely N-dealkylation sites (tertiary alicyclic amines) is 1. The maximum Gasteiger partial charge on any atom is 0.340 e. The van der Waals surface area contributed by atoms with Gasteiger partial charge in [-0.3, -0.25) is 14.8 Å². The lowest BCUT2D eigenvalue weighted by Gasteiger charge is -2.27. The summed E-state index contributed by atoms with van der Waals surface area (Å²) < 4.78 is 13.8. The van der Waals surface area contributed by atoms with Crippen LogP contribution in [0, 0.1) is 0 Å². The molecule has 1 aliphatic heterocycles. The standard InChI is InChI=1S/C13H19FN6OS/c1-19(7-11-16-13(21)18-17-11)6-10-4-9(14)5-20(10)8-12-15-2-3-22-12/h2-3,9-10H,4-8H2,1H3,(H2,16,17,18,21)/t9-,10-/m0/s1. The number of thiazole rings is 1. The van der Waals surface area contributed by atoms with E-state index in [-0.39, 0.29) is 11.7 Å². The molecule has 1 aliphatic rings. The minimum Gasteiger partial charge on any atom is -0.297 e. The van der Waals surface area contributed by atoms with Crippen LogP contribution < -0.4 is 5.69 Å². The molecule has 2 aromatic rings. The zero-order valence-electron chi connectivity index (χ0n) is 12.3. The molecule has 0 unspecified atom stereocenters. The SMILES string of the molecule is CN(Cc1n[nH]c(=O)[nH]1)C[C@@H]1C[C@H](F)CN1Cc1nccs1. The topological polar surface area (TPSA) is 80.9 Å². The van der Waals surface area contributed by atoms with E-state index in [1.165, 1.54) is 0 Å². The van der Waals surface area contributed by atoms with E-state index in [9.17, 15) is 9.18 Å². The quantitative estimate of drug-likeness (QED) is 0.812. The van der Waals surface area contributed by atoms with Gasteiger partial charge in [-0.1, -0.05) is 0 Å². The third-order valence-corrected chi connectivity index (χ3v) is 4.56. The summed E-state index contributed by atoms with van der Waals surface area (Å²) in [6.07, 6.45) is 1.52. The van der Waals surface area contributed by atoms with Crippen molar-refractivity contribution in [2.75, 3.05) is 20.1 Å². The molecule has 120 valence electrons. The fourth-order valence-corrected chi connectivity index (χ4v) is 3.51. The summed E-state index contributed by atoms with van der Waals surface area (Å²) >= 11 is 1.59. The number of nitrogens with zero attached hydrogens (tertiary/aromatic N) is 4. The Morgan fingerprint density at radius 3 is 3.14 bits per heavy atom. The first-order chi connectivity index (χ1) is 10.6. The second-order valence-corrected chi connectivity index (χ2v) is 6.64. The van der Waals surface area contributed by atoms with Crippen molar-refractivity contribution in [3.8, 4) is 0 Å². The Bertz CT molecular complexity index is 641. The van der Waals surface area contributed by atoms with Gasteiger partial charge in [-0.15, -0.1) is 11.3 Å². The minimum atomic E-state index is -0.788. The number of hydrogen-bond acceptors (Lipinski definition) is 6. The van der Waals surface area contributed by atoms with Crippen LogP contribution in [0.15, 0.2) is 16.4 Å². The Balaban J connectivity index is 1.58. The van der Waals surface area contributed by atoms with Crippen LogP contribution in [-0.2, 0) is 13.1 Å². The van der Waals surface area contributed by atoms with Gasteiger partial charge in [0.05, 0.1) is 13.1 Å². The molecule has 1 saturated heterocycles. The Hall–Kier alpha value is -1.58. The lowest BCUT2D eigenvalue weighted by Crippen LogP contribution is -2.38. The van der Waals surface area contributed by atoms with Crippen LogP contribution in [0.3, 0.4) is 0 Å². The van der Waals surface area contributed by atoms with Crippen LogP contribution >= 0.6 is 11.3 Å². The molecule has 7 nitrogen and oxygen atoms in total. The van der Waals surface area contributed by atoms with E-state index in [1.807, 2.05) is 17.3 Å². The number of halogens is 1. The zero-order chi connectivity index (χ0) is 15.5. The van der Waals surface area contributed by atoms with Gasteiger partial charge in [-0.05, 0) is 13.5 Å². The molecule has 1 fully saturated rings. The maximum absolute atomic E-state index is 13.8. The molecule has 0 bridgehead atoms. The van der Waals surface area contributed by atoms with Crippen molar-refractivity contribution in [1.82, 2.24) is 30.0 Å².